The van der Waals surface area contributed by atoms with Crippen LogP contribution >= 0.6 is 0 Å². The minimum absolute atomic E-state index is 0.0712. The number of alkyl halides is 3. The van der Waals surface area contributed by atoms with Crippen molar-refractivity contribution in [2.45, 2.75) is 65.2 Å². The molecule has 0 fully saturated rings. The monoisotopic (exact) mass is 472 g/mol. The van der Waals surface area contributed by atoms with Crippen LogP contribution in [0, 0.1) is 0 Å². The van der Waals surface area contributed by atoms with Crippen molar-refractivity contribution in [1.29, 1.82) is 0 Å². The molecule has 3 aromatic rings. The van der Waals surface area contributed by atoms with E-state index in [1.165, 1.54) is 12.0 Å². The molecule has 0 aliphatic heterocycles. The van der Waals surface area contributed by atoms with Gasteiger partial charge in [-0.2, -0.15) is 18.2 Å². The summed E-state index contributed by atoms with van der Waals surface area (Å²) in [5, 5.41) is 5.75. The number of rotatable bonds is 9. The second-order valence-corrected chi connectivity index (χ2v) is 9.10. The highest BCUT2D eigenvalue weighted by molar-refractivity contribution is 5.63. The highest BCUT2D eigenvalue weighted by atomic mass is 19.4. The first kappa shape index (κ1) is 25.3. The fourth-order valence-electron chi connectivity index (χ4n) is 3.30. The summed E-state index contributed by atoms with van der Waals surface area (Å²) in [6.07, 6.45) is 0.657. The Bertz CT molecular complexity index is 1060. The van der Waals surface area contributed by atoms with Gasteiger partial charge in [0, 0.05) is 17.6 Å². The first-order valence-electron chi connectivity index (χ1n) is 11.4. The molecule has 0 saturated carbocycles. The second kappa shape index (κ2) is 10.8. The molecule has 34 heavy (non-hydrogen) atoms. The predicted molar refractivity (Wildman–Crippen MR) is 130 cm³/mol. The Morgan fingerprint density at radius 1 is 0.853 bits per heavy atom. The molecule has 0 unspecified atom stereocenters. The molecule has 8 heteroatoms. The van der Waals surface area contributed by atoms with Gasteiger partial charge in [-0.05, 0) is 75.6 Å². The highest BCUT2D eigenvalue weighted by Crippen LogP contribution is 2.35. The number of nitrogens with one attached hydrogen (secondary N) is 2. The molecule has 2 aromatic carbocycles. The minimum atomic E-state index is -4.60. The van der Waals surface area contributed by atoms with Crippen molar-refractivity contribution in [2.24, 2.45) is 0 Å². The van der Waals surface area contributed by atoms with Crippen molar-refractivity contribution < 1.29 is 17.9 Å². The van der Waals surface area contributed by atoms with E-state index in [1.807, 2.05) is 45.0 Å². The molecule has 0 radical (unpaired) electrons. The van der Waals surface area contributed by atoms with Crippen LogP contribution in [0.5, 0.6) is 5.75 Å². The average Bonchev–Trinajstić information content (AvgIpc) is 2.75. The van der Waals surface area contributed by atoms with Crippen LogP contribution in [-0.2, 0) is 12.6 Å². The van der Waals surface area contributed by atoms with Crippen LogP contribution < -0.4 is 15.4 Å². The van der Waals surface area contributed by atoms with Gasteiger partial charge in [0.05, 0.1) is 0 Å². The first-order chi connectivity index (χ1) is 16.0. The van der Waals surface area contributed by atoms with Gasteiger partial charge in [-0.1, -0.05) is 31.9 Å². The number of halogens is 3. The molecule has 0 bridgehead atoms. The lowest BCUT2D eigenvalue weighted by molar-refractivity contribution is -0.137. The molecule has 0 aliphatic carbocycles. The van der Waals surface area contributed by atoms with Crippen molar-refractivity contribution in [1.82, 2.24) is 9.97 Å². The van der Waals surface area contributed by atoms with Crippen LogP contribution in [-0.4, -0.2) is 15.6 Å². The Morgan fingerprint density at radius 2 is 1.47 bits per heavy atom. The lowest BCUT2D eigenvalue weighted by atomic mass is 10.1. The van der Waals surface area contributed by atoms with E-state index in [0.717, 1.165) is 25.5 Å². The van der Waals surface area contributed by atoms with E-state index in [9.17, 15) is 13.2 Å². The summed E-state index contributed by atoms with van der Waals surface area (Å²) in [5.41, 5.74) is 1.05. The molecule has 1 heterocycles. The van der Waals surface area contributed by atoms with E-state index in [4.69, 9.17) is 4.74 Å². The van der Waals surface area contributed by atoms with Crippen molar-refractivity contribution in [3.63, 3.8) is 0 Å². The van der Waals surface area contributed by atoms with E-state index in [0.29, 0.717) is 17.1 Å². The molecular formula is C26H31F3N4O. The minimum Gasteiger partial charge on any atom is -0.488 e. The van der Waals surface area contributed by atoms with Gasteiger partial charge >= 0.3 is 6.18 Å². The Balaban J connectivity index is 1.77. The molecule has 0 amide bonds. The van der Waals surface area contributed by atoms with Gasteiger partial charge < -0.3 is 15.4 Å². The third kappa shape index (κ3) is 7.64. The standard InChI is InChI=1S/C26H31F3N4O/c1-5-6-7-8-18-9-11-20(12-10-18)32-24-30-17-22(26(27,28)29)23(33-24)31-19-13-15-21(16-14-19)34-25(2,3)4/h9-17H,5-8H2,1-4H3,(H2,30,31,32,33). The molecule has 1 aromatic heterocycles. The summed E-state index contributed by atoms with van der Waals surface area (Å²) in [6, 6.07) is 14.4. The lowest BCUT2D eigenvalue weighted by Gasteiger charge is -2.21. The van der Waals surface area contributed by atoms with Gasteiger partial charge in [0.2, 0.25) is 5.95 Å². The molecular weight excluding hydrogens is 441 g/mol. The van der Waals surface area contributed by atoms with E-state index in [1.54, 1.807) is 24.3 Å². The Labute approximate surface area is 198 Å². The maximum Gasteiger partial charge on any atom is 0.421 e. The van der Waals surface area contributed by atoms with Crippen molar-refractivity contribution in [3.05, 3.63) is 65.9 Å². The number of anilines is 4. The Kier molecular flexibility index (Phi) is 8.02. The van der Waals surface area contributed by atoms with Gasteiger partial charge in [-0.3, -0.25) is 0 Å². The number of aromatic nitrogens is 2. The molecule has 0 saturated heterocycles. The summed E-state index contributed by atoms with van der Waals surface area (Å²) in [4.78, 5) is 7.99. The molecule has 0 spiro atoms. The number of nitrogens with zero attached hydrogens (tertiary/aromatic N) is 2. The number of unbranched alkanes of at least 4 members (excludes halogenated alkanes) is 2. The third-order valence-corrected chi connectivity index (χ3v) is 4.91. The van der Waals surface area contributed by atoms with E-state index in [-0.39, 0.29) is 17.4 Å². The van der Waals surface area contributed by atoms with Gasteiger partial charge in [0.1, 0.15) is 22.7 Å². The molecule has 5 nitrogen and oxygen atoms in total. The van der Waals surface area contributed by atoms with Crippen LogP contribution in [0.4, 0.5) is 36.3 Å². The smallest absolute Gasteiger partial charge is 0.421 e. The highest BCUT2D eigenvalue weighted by Gasteiger charge is 2.35. The summed E-state index contributed by atoms with van der Waals surface area (Å²) >= 11 is 0. The van der Waals surface area contributed by atoms with Gasteiger partial charge in [0.15, 0.2) is 0 Å². The number of hydrogen-bond acceptors (Lipinski definition) is 5. The van der Waals surface area contributed by atoms with Gasteiger partial charge in [-0.25, -0.2) is 4.98 Å². The number of hydrogen-bond donors (Lipinski definition) is 2. The van der Waals surface area contributed by atoms with Crippen LogP contribution in [0.1, 0.15) is 58.1 Å². The topological polar surface area (TPSA) is 59.1 Å². The molecule has 2 N–H and O–H groups in total. The Hall–Kier alpha value is -3.29. The lowest BCUT2D eigenvalue weighted by Crippen LogP contribution is -2.22. The second-order valence-electron chi connectivity index (χ2n) is 9.10. The van der Waals surface area contributed by atoms with Crippen molar-refractivity contribution >= 4 is 23.1 Å². The van der Waals surface area contributed by atoms with Gasteiger partial charge in [0.25, 0.3) is 0 Å². The maximum absolute atomic E-state index is 13.6. The summed E-state index contributed by atoms with van der Waals surface area (Å²) in [7, 11) is 0. The van der Waals surface area contributed by atoms with Crippen LogP contribution in [0.3, 0.4) is 0 Å². The van der Waals surface area contributed by atoms with Crippen LogP contribution in [0.25, 0.3) is 0 Å². The zero-order valence-electron chi connectivity index (χ0n) is 20.0. The van der Waals surface area contributed by atoms with E-state index >= 15 is 0 Å². The fourth-order valence-corrected chi connectivity index (χ4v) is 3.30. The average molecular weight is 473 g/mol. The van der Waals surface area contributed by atoms with Crippen LogP contribution in [0.15, 0.2) is 54.7 Å². The molecule has 0 aliphatic rings. The molecule has 0 atom stereocenters. The predicted octanol–water partition coefficient (Wildman–Crippen LogP) is 7.89. The summed E-state index contributed by atoms with van der Waals surface area (Å²) in [6.45, 7) is 7.93. The molecule has 3 rings (SSSR count). The van der Waals surface area contributed by atoms with E-state index < -0.39 is 11.7 Å². The normalized spacial score (nSPS) is 11.9. The quantitative estimate of drug-likeness (QED) is 0.310. The van der Waals surface area contributed by atoms with Crippen molar-refractivity contribution in [3.8, 4) is 5.75 Å². The largest absolute Gasteiger partial charge is 0.488 e. The fraction of sp³-hybridized carbons (Fsp3) is 0.385. The van der Waals surface area contributed by atoms with Gasteiger partial charge in [-0.15, -0.1) is 0 Å². The van der Waals surface area contributed by atoms with Crippen molar-refractivity contribution in [2.75, 3.05) is 10.6 Å². The Morgan fingerprint density at radius 3 is 2.06 bits per heavy atom. The van der Waals surface area contributed by atoms with E-state index in [2.05, 4.69) is 27.5 Å². The first-order valence-corrected chi connectivity index (χ1v) is 11.4. The number of benzene rings is 2. The van der Waals surface area contributed by atoms with Crippen LogP contribution in [0.2, 0.25) is 0 Å². The maximum atomic E-state index is 13.6. The summed E-state index contributed by atoms with van der Waals surface area (Å²) in [5.74, 6) is 0.366. The number of ether oxygens (including phenoxy) is 1. The SMILES string of the molecule is CCCCCc1ccc(Nc2ncc(C(F)(F)F)c(Nc3ccc(OC(C)(C)C)cc3)n2)cc1. The molecule has 182 valence electrons. The summed E-state index contributed by atoms with van der Waals surface area (Å²) < 4.78 is 46.5. The third-order valence-electron chi connectivity index (χ3n) is 4.91. The zero-order chi connectivity index (χ0) is 24.8. The number of aryl methyl sites for hydroxylation is 1. The zero-order valence-corrected chi connectivity index (χ0v) is 20.0.